The molecule has 0 fully saturated rings. The Morgan fingerprint density at radius 3 is 2.78 bits per heavy atom. The molecule has 1 aromatic heterocycles. The number of hydrogen-bond donors (Lipinski definition) is 2. The third-order valence-corrected chi connectivity index (χ3v) is 4.39. The summed E-state index contributed by atoms with van der Waals surface area (Å²) in [6.07, 6.45) is 1.72. The number of nitrogens with one attached hydrogen (secondary N) is 2. The summed E-state index contributed by atoms with van der Waals surface area (Å²) < 4.78 is 11.4. The van der Waals surface area contributed by atoms with E-state index in [9.17, 15) is 0 Å². The average molecular weight is 484 g/mol. The van der Waals surface area contributed by atoms with E-state index in [0.717, 1.165) is 48.1 Å². The second-order valence-electron chi connectivity index (χ2n) is 7.13. The molecule has 1 aliphatic rings. The van der Waals surface area contributed by atoms with Gasteiger partial charge in [0.15, 0.2) is 11.7 Å². The number of hydrogen-bond acceptors (Lipinski definition) is 4. The van der Waals surface area contributed by atoms with Gasteiger partial charge in [0.25, 0.3) is 0 Å². The third-order valence-electron chi connectivity index (χ3n) is 4.39. The lowest BCUT2D eigenvalue weighted by Gasteiger charge is -2.38. The minimum atomic E-state index is -0.232. The van der Waals surface area contributed by atoms with Crippen molar-refractivity contribution in [2.24, 2.45) is 4.99 Å². The van der Waals surface area contributed by atoms with Crippen molar-refractivity contribution in [1.29, 1.82) is 0 Å². The van der Waals surface area contributed by atoms with Gasteiger partial charge < -0.3 is 19.9 Å². The number of aliphatic imine (C=N–C) groups is 1. The van der Waals surface area contributed by atoms with Crippen LogP contribution in [0.15, 0.2) is 39.8 Å². The Hall–Kier alpha value is -1.77. The minimum absolute atomic E-state index is 0. The Kier molecular flexibility index (Phi) is 7.52. The van der Waals surface area contributed by atoms with E-state index < -0.39 is 0 Å². The van der Waals surface area contributed by atoms with Crippen LogP contribution in [0.25, 0.3) is 0 Å². The smallest absolute Gasteiger partial charge is 0.192 e. The van der Waals surface area contributed by atoms with Crippen molar-refractivity contribution in [2.75, 3.05) is 6.54 Å². The monoisotopic (exact) mass is 484 g/mol. The van der Waals surface area contributed by atoms with Crippen LogP contribution < -0.4 is 15.4 Å². The fourth-order valence-corrected chi connectivity index (χ4v) is 3.17. The first-order valence-corrected chi connectivity index (χ1v) is 9.28. The van der Waals surface area contributed by atoms with Crippen LogP contribution in [-0.4, -0.2) is 23.3 Å². The Bertz CT molecular complexity index is 773. The first-order valence-electron chi connectivity index (χ1n) is 9.28. The predicted molar refractivity (Wildman–Crippen MR) is 118 cm³/mol. The molecule has 7 heteroatoms. The van der Waals surface area contributed by atoms with Crippen LogP contribution in [0, 0.1) is 0 Å². The second kappa shape index (κ2) is 9.43. The summed E-state index contributed by atoms with van der Waals surface area (Å²) in [6, 6.07) is 10.3. The molecule has 0 saturated carbocycles. The van der Waals surface area contributed by atoms with E-state index >= 15 is 0 Å². The number of rotatable bonds is 5. The van der Waals surface area contributed by atoms with Crippen LogP contribution in [0.4, 0.5) is 0 Å². The Balaban J connectivity index is 0.00000261. The molecule has 0 radical (unpaired) electrons. The van der Waals surface area contributed by atoms with Gasteiger partial charge in [0.2, 0.25) is 0 Å². The lowest BCUT2D eigenvalue weighted by atomic mass is 9.90. The lowest BCUT2D eigenvalue weighted by Crippen LogP contribution is -2.45. The molecule has 0 aliphatic carbocycles. The SMILES string of the molecule is CCNC(=NCc1cc(CC)no1)NC1CC(C)(C)Oc2ccccc21.I. The van der Waals surface area contributed by atoms with Crippen molar-refractivity contribution in [1.82, 2.24) is 15.8 Å². The summed E-state index contributed by atoms with van der Waals surface area (Å²) in [7, 11) is 0. The van der Waals surface area contributed by atoms with Gasteiger partial charge in [0, 0.05) is 24.6 Å². The number of benzene rings is 1. The van der Waals surface area contributed by atoms with Gasteiger partial charge in [0.05, 0.1) is 11.7 Å². The summed E-state index contributed by atoms with van der Waals surface area (Å²) in [5, 5.41) is 10.9. The molecular formula is C20H29IN4O2. The van der Waals surface area contributed by atoms with Gasteiger partial charge in [-0.15, -0.1) is 24.0 Å². The summed E-state index contributed by atoms with van der Waals surface area (Å²) >= 11 is 0. The van der Waals surface area contributed by atoms with E-state index in [-0.39, 0.29) is 35.6 Å². The highest BCUT2D eigenvalue weighted by Gasteiger charge is 2.33. The summed E-state index contributed by atoms with van der Waals surface area (Å²) in [5.74, 6) is 2.46. The molecule has 0 bridgehead atoms. The summed E-state index contributed by atoms with van der Waals surface area (Å²) in [4.78, 5) is 4.67. The maximum atomic E-state index is 6.11. The molecule has 1 aliphatic heterocycles. The maximum Gasteiger partial charge on any atom is 0.192 e. The first kappa shape index (κ1) is 21.5. The molecule has 1 aromatic carbocycles. The Morgan fingerprint density at radius 1 is 1.30 bits per heavy atom. The number of aromatic nitrogens is 1. The molecule has 6 nitrogen and oxygen atoms in total. The number of para-hydroxylation sites is 1. The van der Waals surface area contributed by atoms with Crippen molar-refractivity contribution in [3.8, 4) is 5.75 Å². The quantitative estimate of drug-likeness (QED) is 0.378. The van der Waals surface area contributed by atoms with Crippen LogP contribution in [0.1, 0.15) is 57.2 Å². The lowest BCUT2D eigenvalue weighted by molar-refractivity contribution is 0.0694. The molecule has 3 rings (SSSR count). The van der Waals surface area contributed by atoms with Gasteiger partial charge >= 0.3 is 0 Å². The Labute approximate surface area is 178 Å². The molecule has 0 spiro atoms. The van der Waals surface area contributed by atoms with E-state index in [1.807, 2.05) is 24.3 Å². The van der Waals surface area contributed by atoms with Crippen LogP contribution in [0.3, 0.4) is 0 Å². The van der Waals surface area contributed by atoms with Gasteiger partial charge in [-0.1, -0.05) is 30.3 Å². The van der Waals surface area contributed by atoms with Gasteiger partial charge in [-0.25, -0.2) is 4.99 Å². The standard InChI is InChI=1S/C20H28N4O2.HI/c1-5-14-11-15(26-24-14)13-22-19(21-6-2)23-17-12-20(3,4)25-18-10-8-7-9-16(17)18;/h7-11,17H,5-6,12-13H2,1-4H3,(H2,21,22,23);1H. The molecule has 1 atom stereocenters. The molecule has 2 heterocycles. The highest BCUT2D eigenvalue weighted by molar-refractivity contribution is 14.0. The molecule has 2 aromatic rings. The fourth-order valence-electron chi connectivity index (χ4n) is 3.17. The first-order chi connectivity index (χ1) is 12.5. The molecule has 27 heavy (non-hydrogen) atoms. The van der Waals surface area contributed by atoms with Gasteiger partial charge in [0.1, 0.15) is 17.9 Å². The van der Waals surface area contributed by atoms with Crippen LogP contribution in [-0.2, 0) is 13.0 Å². The number of aryl methyl sites for hydroxylation is 1. The second-order valence-corrected chi connectivity index (χ2v) is 7.13. The van der Waals surface area contributed by atoms with Crippen LogP contribution in [0.5, 0.6) is 5.75 Å². The molecule has 0 amide bonds. The molecular weight excluding hydrogens is 455 g/mol. The molecule has 1 unspecified atom stereocenters. The van der Waals surface area contributed by atoms with Crippen molar-refractivity contribution in [3.63, 3.8) is 0 Å². The van der Waals surface area contributed by atoms with Crippen molar-refractivity contribution >= 4 is 29.9 Å². The zero-order valence-corrected chi connectivity index (χ0v) is 18.7. The Morgan fingerprint density at radius 2 is 2.07 bits per heavy atom. The highest BCUT2D eigenvalue weighted by Crippen LogP contribution is 2.39. The topological polar surface area (TPSA) is 71.7 Å². The number of halogens is 1. The van der Waals surface area contributed by atoms with E-state index in [2.05, 4.69) is 54.5 Å². The van der Waals surface area contributed by atoms with Crippen LogP contribution in [0.2, 0.25) is 0 Å². The number of fused-ring (bicyclic) bond motifs is 1. The van der Waals surface area contributed by atoms with E-state index in [0.29, 0.717) is 6.54 Å². The van der Waals surface area contributed by atoms with Crippen molar-refractivity contribution < 1.29 is 9.26 Å². The number of nitrogens with zero attached hydrogens (tertiary/aromatic N) is 2. The largest absolute Gasteiger partial charge is 0.487 e. The van der Waals surface area contributed by atoms with E-state index in [4.69, 9.17) is 9.26 Å². The maximum absolute atomic E-state index is 6.11. The highest BCUT2D eigenvalue weighted by atomic mass is 127. The minimum Gasteiger partial charge on any atom is -0.487 e. The third kappa shape index (κ3) is 5.60. The van der Waals surface area contributed by atoms with Crippen molar-refractivity contribution in [3.05, 3.63) is 47.3 Å². The summed E-state index contributed by atoms with van der Waals surface area (Å²) in [5.41, 5.74) is 1.88. The van der Waals surface area contributed by atoms with Gasteiger partial charge in [-0.05, 0) is 33.3 Å². The summed E-state index contributed by atoms with van der Waals surface area (Å²) in [6.45, 7) is 9.59. The fraction of sp³-hybridized carbons (Fsp3) is 0.500. The van der Waals surface area contributed by atoms with Gasteiger partial charge in [-0.2, -0.15) is 0 Å². The average Bonchev–Trinajstić information content (AvgIpc) is 3.07. The van der Waals surface area contributed by atoms with Crippen molar-refractivity contribution in [2.45, 2.75) is 58.7 Å². The zero-order valence-electron chi connectivity index (χ0n) is 16.4. The zero-order chi connectivity index (χ0) is 18.6. The number of guanidine groups is 1. The molecule has 148 valence electrons. The normalized spacial score (nSPS) is 18.1. The van der Waals surface area contributed by atoms with E-state index in [1.165, 1.54) is 0 Å². The number of ether oxygens (including phenoxy) is 1. The van der Waals surface area contributed by atoms with E-state index in [1.54, 1.807) is 0 Å². The molecule has 2 N–H and O–H groups in total. The van der Waals surface area contributed by atoms with Gasteiger partial charge in [-0.3, -0.25) is 0 Å². The van der Waals surface area contributed by atoms with Crippen LogP contribution >= 0.6 is 24.0 Å². The molecule has 0 saturated heterocycles. The predicted octanol–water partition coefficient (Wildman–Crippen LogP) is 4.21.